The lowest BCUT2D eigenvalue weighted by Crippen LogP contribution is -2.69. The summed E-state index contributed by atoms with van der Waals surface area (Å²) in [5.74, 6) is 0.530. The number of piperidine rings is 1. The van der Waals surface area contributed by atoms with Crippen molar-refractivity contribution in [3.8, 4) is 0 Å². The molecule has 3 fully saturated rings. The fourth-order valence-electron chi connectivity index (χ4n) is 3.21. The molecule has 3 nitrogen and oxygen atoms in total. The number of carbonyl (C=O) groups excluding carboxylic acids is 2. The van der Waals surface area contributed by atoms with E-state index in [2.05, 4.69) is 12.3 Å². The van der Waals surface area contributed by atoms with Crippen molar-refractivity contribution in [2.75, 3.05) is 6.54 Å². The number of nitrogens with zero attached hydrogens (tertiary/aromatic N) is 1. The van der Waals surface area contributed by atoms with Gasteiger partial charge in [0.1, 0.15) is 5.78 Å². The second-order valence-corrected chi connectivity index (χ2v) is 4.81. The van der Waals surface area contributed by atoms with Gasteiger partial charge < -0.3 is 4.90 Å². The molecule has 1 spiro atoms. The molecule has 2 aliphatic heterocycles. The molecule has 0 unspecified atom stereocenters. The fourth-order valence-corrected chi connectivity index (χ4v) is 3.21. The van der Waals surface area contributed by atoms with Gasteiger partial charge >= 0.3 is 0 Å². The summed E-state index contributed by atoms with van der Waals surface area (Å²) in [6, 6.07) is 0. The molecular weight excluding hydrogens is 190 g/mol. The Morgan fingerprint density at radius 1 is 1.47 bits per heavy atom. The molecular formula is C12H13NO2. The van der Waals surface area contributed by atoms with E-state index >= 15 is 0 Å². The van der Waals surface area contributed by atoms with E-state index < -0.39 is 0 Å². The minimum Gasteiger partial charge on any atom is -0.332 e. The summed E-state index contributed by atoms with van der Waals surface area (Å²) in [4.78, 5) is 25.1. The van der Waals surface area contributed by atoms with Crippen molar-refractivity contribution in [2.24, 2.45) is 5.92 Å². The Bertz CT molecular complexity index is 419. The first kappa shape index (κ1) is 8.93. The summed E-state index contributed by atoms with van der Waals surface area (Å²) >= 11 is 0. The predicted octanol–water partition coefficient (Wildman–Crippen LogP) is 1.05. The largest absolute Gasteiger partial charge is 0.332 e. The second kappa shape index (κ2) is 2.61. The zero-order valence-electron chi connectivity index (χ0n) is 8.58. The fraction of sp³-hybridized carbons (Fsp3) is 0.583. The molecule has 1 aliphatic carbocycles. The van der Waals surface area contributed by atoms with Gasteiger partial charge in [-0.2, -0.15) is 0 Å². The third kappa shape index (κ3) is 0.963. The first-order valence-electron chi connectivity index (χ1n) is 5.38. The number of carbonyl (C=O) groups is 2. The molecule has 2 bridgehead atoms. The van der Waals surface area contributed by atoms with Gasteiger partial charge in [0.2, 0.25) is 5.91 Å². The second-order valence-electron chi connectivity index (χ2n) is 4.81. The summed E-state index contributed by atoms with van der Waals surface area (Å²) in [6.45, 7) is 4.20. The van der Waals surface area contributed by atoms with E-state index in [0.717, 1.165) is 18.4 Å². The number of ketones is 1. The highest BCUT2D eigenvalue weighted by Crippen LogP contribution is 2.50. The third-order valence-electron chi connectivity index (χ3n) is 4.14. The molecule has 78 valence electrons. The number of hydrogen-bond acceptors (Lipinski definition) is 2. The van der Waals surface area contributed by atoms with Crippen LogP contribution in [0.15, 0.2) is 17.9 Å². The molecule has 0 aromatic heterocycles. The van der Waals surface area contributed by atoms with Crippen molar-refractivity contribution >= 4 is 11.7 Å². The van der Waals surface area contributed by atoms with Crippen molar-refractivity contribution in [2.45, 2.75) is 31.2 Å². The van der Waals surface area contributed by atoms with Gasteiger partial charge in [-0.15, -0.1) is 5.73 Å². The first-order valence-corrected chi connectivity index (χ1v) is 5.38. The molecule has 3 aliphatic rings. The van der Waals surface area contributed by atoms with Gasteiger partial charge in [0.15, 0.2) is 0 Å². The van der Waals surface area contributed by atoms with Crippen molar-refractivity contribution in [3.63, 3.8) is 0 Å². The lowest BCUT2D eigenvalue weighted by atomic mass is 9.63. The lowest BCUT2D eigenvalue weighted by molar-refractivity contribution is -0.167. The number of hydrogen-bond donors (Lipinski definition) is 0. The average molecular weight is 203 g/mol. The van der Waals surface area contributed by atoms with Crippen LogP contribution in [0.2, 0.25) is 0 Å². The van der Waals surface area contributed by atoms with Crippen LogP contribution in [0.3, 0.4) is 0 Å². The maximum absolute atomic E-state index is 11.7. The van der Waals surface area contributed by atoms with Crippen LogP contribution >= 0.6 is 0 Å². The van der Waals surface area contributed by atoms with Crippen LogP contribution in [0.5, 0.6) is 0 Å². The summed E-state index contributed by atoms with van der Waals surface area (Å²) in [5, 5.41) is 0. The number of amides is 1. The van der Waals surface area contributed by atoms with Crippen LogP contribution < -0.4 is 0 Å². The van der Waals surface area contributed by atoms with Gasteiger partial charge in [-0.05, 0) is 12.8 Å². The SMILES string of the molecule is C=C=C1CN2C(=O)C[C@]23CCC(=O)[C@H]1C3. The zero-order chi connectivity index (χ0) is 10.6. The normalized spacial score (nSPS) is 38.3. The standard InChI is InChI=1S/C12H13NO2/c1-2-8-7-13-11(15)6-12(13)4-3-10(14)9(8)5-12/h9H,1,3-7H2/t9-,12+/m0/s1. The Balaban J connectivity index is 2.01. The Hall–Kier alpha value is -1.34. The molecule has 0 N–H and O–H groups in total. The zero-order valence-corrected chi connectivity index (χ0v) is 8.58. The van der Waals surface area contributed by atoms with E-state index in [4.69, 9.17) is 0 Å². The number of β-lactam (4-membered cyclic amide) rings is 1. The van der Waals surface area contributed by atoms with Crippen molar-refractivity contribution < 1.29 is 9.59 Å². The molecule has 15 heavy (non-hydrogen) atoms. The topological polar surface area (TPSA) is 37.4 Å². The van der Waals surface area contributed by atoms with Crippen LogP contribution in [0.1, 0.15) is 25.7 Å². The molecule has 2 atom stereocenters. The molecule has 0 aromatic carbocycles. The van der Waals surface area contributed by atoms with Gasteiger partial charge in [-0.3, -0.25) is 9.59 Å². The summed E-state index contributed by atoms with van der Waals surface area (Å²) in [5.41, 5.74) is 3.79. The van der Waals surface area contributed by atoms with Crippen LogP contribution in [0.4, 0.5) is 0 Å². The van der Waals surface area contributed by atoms with E-state index in [0.29, 0.717) is 25.2 Å². The summed E-state index contributed by atoms with van der Waals surface area (Å²) in [7, 11) is 0. The van der Waals surface area contributed by atoms with Crippen LogP contribution in [0.25, 0.3) is 0 Å². The number of fused-ring (bicyclic) bond motifs is 1. The maximum atomic E-state index is 11.7. The Morgan fingerprint density at radius 2 is 2.27 bits per heavy atom. The van der Waals surface area contributed by atoms with Gasteiger partial charge in [0.05, 0.1) is 24.4 Å². The van der Waals surface area contributed by atoms with Gasteiger partial charge in [-0.25, -0.2) is 0 Å². The van der Waals surface area contributed by atoms with Gasteiger partial charge in [-0.1, -0.05) is 6.58 Å². The Morgan fingerprint density at radius 3 is 2.93 bits per heavy atom. The van der Waals surface area contributed by atoms with E-state index in [1.165, 1.54) is 0 Å². The monoisotopic (exact) mass is 203 g/mol. The Labute approximate surface area is 88.4 Å². The van der Waals surface area contributed by atoms with Crippen LogP contribution in [-0.2, 0) is 9.59 Å². The van der Waals surface area contributed by atoms with Crippen LogP contribution in [-0.4, -0.2) is 28.7 Å². The van der Waals surface area contributed by atoms with Crippen molar-refractivity contribution in [3.05, 3.63) is 17.9 Å². The maximum Gasteiger partial charge on any atom is 0.225 e. The smallest absolute Gasteiger partial charge is 0.225 e. The molecule has 0 radical (unpaired) electrons. The molecule has 2 saturated heterocycles. The highest BCUT2D eigenvalue weighted by molar-refractivity contribution is 5.91. The first-order chi connectivity index (χ1) is 7.16. The van der Waals surface area contributed by atoms with E-state index in [1.807, 2.05) is 4.90 Å². The average Bonchev–Trinajstić information content (AvgIpc) is 2.23. The molecule has 0 aromatic rings. The quantitative estimate of drug-likeness (QED) is 0.436. The molecule has 1 saturated carbocycles. The van der Waals surface area contributed by atoms with Gasteiger partial charge in [0.25, 0.3) is 0 Å². The Kier molecular flexibility index (Phi) is 1.56. The molecule has 3 heteroatoms. The van der Waals surface area contributed by atoms with Crippen molar-refractivity contribution in [1.82, 2.24) is 4.90 Å². The van der Waals surface area contributed by atoms with E-state index in [9.17, 15) is 9.59 Å². The van der Waals surface area contributed by atoms with Crippen molar-refractivity contribution in [1.29, 1.82) is 0 Å². The van der Waals surface area contributed by atoms with E-state index in [-0.39, 0.29) is 17.4 Å². The summed E-state index contributed by atoms with van der Waals surface area (Å²) in [6.07, 6.45) is 2.93. The minimum atomic E-state index is 0.000556. The minimum absolute atomic E-state index is 0.000556. The predicted molar refractivity (Wildman–Crippen MR) is 54.1 cm³/mol. The van der Waals surface area contributed by atoms with Gasteiger partial charge in [0, 0.05) is 12.0 Å². The third-order valence-corrected chi connectivity index (χ3v) is 4.14. The number of rotatable bonds is 0. The van der Waals surface area contributed by atoms with E-state index in [1.54, 1.807) is 0 Å². The van der Waals surface area contributed by atoms with Crippen LogP contribution in [0, 0.1) is 5.92 Å². The lowest BCUT2D eigenvalue weighted by Gasteiger charge is -2.59. The highest BCUT2D eigenvalue weighted by Gasteiger charge is 2.58. The summed E-state index contributed by atoms with van der Waals surface area (Å²) < 4.78 is 0. The molecule has 2 heterocycles. The highest BCUT2D eigenvalue weighted by atomic mass is 16.2. The number of Topliss-reactive ketones (excluding diaryl/α,β-unsaturated/α-hetero) is 1. The molecule has 3 rings (SSSR count). The molecule has 1 amide bonds.